The fraction of sp³-hybridized carbons (Fsp3) is 0.250. The number of aromatic amines is 1. The number of fused-ring (bicyclic) bond motifs is 1. The standard InChI is InChI=1S/C20H20N4O2S/c1-4-15-22-16-11(2)9-12(3)21-18(16)24(15)10-13-5-7-14(8-6-13)17-19(25)23-20(26)27-17/h5-9,25H,4,10H2,1-3H3,(H,23,26). The predicted molar refractivity (Wildman–Crippen MR) is 108 cm³/mol. The van der Waals surface area contributed by atoms with Gasteiger partial charge in [0.25, 0.3) is 0 Å². The molecule has 0 aliphatic heterocycles. The van der Waals surface area contributed by atoms with E-state index in [0.717, 1.165) is 57.1 Å². The molecule has 0 aliphatic carbocycles. The molecule has 138 valence electrons. The zero-order chi connectivity index (χ0) is 19.1. The Kier molecular flexibility index (Phi) is 4.31. The highest BCUT2D eigenvalue weighted by Gasteiger charge is 2.14. The number of hydrogen-bond acceptors (Lipinski definition) is 5. The van der Waals surface area contributed by atoms with E-state index in [-0.39, 0.29) is 10.8 Å². The summed E-state index contributed by atoms with van der Waals surface area (Å²) in [6.45, 7) is 6.83. The molecule has 3 heterocycles. The van der Waals surface area contributed by atoms with Gasteiger partial charge in [0.15, 0.2) is 5.65 Å². The minimum absolute atomic E-state index is 0.0817. The van der Waals surface area contributed by atoms with Gasteiger partial charge in [-0.2, -0.15) is 0 Å². The molecule has 0 unspecified atom stereocenters. The molecule has 6 nitrogen and oxygen atoms in total. The molecule has 0 atom stereocenters. The number of H-pyrrole nitrogens is 1. The van der Waals surface area contributed by atoms with Gasteiger partial charge >= 0.3 is 4.87 Å². The van der Waals surface area contributed by atoms with Gasteiger partial charge in [-0.05, 0) is 36.6 Å². The van der Waals surface area contributed by atoms with Crippen molar-refractivity contribution in [2.24, 2.45) is 0 Å². The Balaban J connectivity index is 1.72. The second-order valence-electron chi connectivity index (χ2n) is 6.61. The van der Waals surface area contributed by atoms with E-state index in [9.17, 15) is 9.90 Å². The number of thiazole rings is 1. The van der Waals surface area contributed by atoms with Crippen LogP contribution < -0.4 is 4.87 Å². The Morgan fingerprint density at radius 2 is 1.93 bits per heavy atom. The fourth-order valence-electron chi connectivity index (χ4n) is 3.34. The molecule has 0 aliphatic rings. The minimum Gasteiger partial charge on any atom is -0.493 e. The molecule has 0 fully saturated rings. The van der Waals surface area contributed by atoms with E-state index in [1.807, 2.05) is 31.2 Å². The molecule has 1 aromatic carbocycles. The molecule has 0 bridgehead atoms. The van der Waals surface area contributed by atoms with E-state index in [1.54, 1.807) is 0 Å². The van der Waals surface area contributed by atoms with Crippen LogP contribution >= 0.6 is 11.3 Å². The lowest BCUT2D eigenvalue weighted by atomic mass is 10.1. The molecule has 27 heavy (non-hydrogen) atoms. The molecule has 0 amide bonds. The van der Waals surface area contributed by atoms with Gasteiger partial charge in [-0.3, -0.25) is 9.78 Å². The predicted octanol–water partition coefficient (Wildman–Crippen LogP) is 3.78. The van der Waals surface area contributed by atoms with Crippen molar-refractivity contribution in [3.63, 3.8) is 0 Å². The second kappa shape index (κ2) is 6.66. The Labute approximate surface area is 160 Å². The Morgan fingerprint density at radius 3 is 2.56 bits per heavy atom. The van der Waals surface area contributed by atoms with Crippen LogP contribution in [0.5, 0.6) is 5.88 Å². The van der Waals surface area contributed by atoms with Crippen LogP contribution in [0, 0.1) is 13.8 Å². The third-order valence-electron chi connectivity index (χ3n) is 4.60. The first-order chi connectivity index (χ1) is 13.0. The lowest BCUT2D eigenvalue weighted by Crippen LogP contribution is -2.05. The first kappa shape index (κ1) is 17.5. The summed E-state index contributed by atoms with van der Waals surface area (Å²) in [6, 6.07) is 9.91. The van der Waals surface area contributed by atoms with Crippen LogP contribution in [-0.4, -0.2) is 24.6 Å². The van der Waals surface area contributed by atoms with Crippen LogP contribution in [0.25, 0.3) is 21.6 Å². The molecule has 4 rings (SSSR count). The van der Waals surface area contributed by atoms with E-state index in [0.29, 0.717) is 11.4 Å². The smallest absolute Gasteiger partial charge is 0.307 e. The van der Waals surface area contributed by atoms with Gasteiger partial charge in [0.2, 0.25) is 5.88 Å². The number of nitrogens with zero attached hydrogens (tertiary/aromatic N) is 3. The monoisotopic (exact) mass is 380 g/mol. The van der Waals surface area contributed by atoms with Crippen molar-refractivity contribution in [1.82, 2.24) is 19.5 Å². The molecular weight excluding hydrogens is 360 g/mol. The van der Waals surface area contributed by atoms with Gasteiger partial charge in [-0.25, -0.2) is 9.97 Å². The highest BCUT2D eigenvalue weighted by atomic mass is 32.1. The third kappa shape index (κ3) is 3.14. The van der Waals surface area contributed by atoms with E-state index in [4.69, 9.17) is 9.97 Å². The summed E-state index contributed by atoms with van der Waals surface area (Å²) < 4.78 is 2.16. The van der Waals surface area contributed by atoms with Gasteiger partial charge in [0.05, 0.1) is 11.4 Å². The number of pyridine rings is 1. The van der Waals surface area contributed by atoms with Crippen molar-refractivity contribution < 1.29 is 5.11 Å². The maximum absolute atomic E-state index is 11.4. The molecular formula is C20H20N4O2S. The zero-order valence-corrected chi connectivity index (χ0v) is 16.2. The normalized spacial score (nSPS) is 11.4. The van der Waals surface area contributed by atoms with Crippen molar-refractivity contribution >= 4 is 22.5 Å². The van der Waals surface area contributed by atoms with Crippen molar-refractivity contribution in [3.05, 3.63) is 62.6 Å². The maximum Gasteiger partial charge on any atom is 0.307 e. The van der Waals surface area contributed by atoms with Gasteiger partial charge in [-0.1, -0.05) is 42.5 Å². The topological polar surface area (TPSA) is 83.8 Å². The second-order valence-corrected chi connectivity index (χ2v) is 7.59. The van der Waals surface area contributed by atoms with E-state index in [1.165, 1.54) is 0 Å². The molecule has 7 heteroatoms. The van der Waals surface area contributed by atoms with Gasteiger partial charge in [0, 0.05) is 12.1 Å². The molecule has 0 saturated carbocycles. The lowest BCUT2D eigenvalue weighted by Gasteiger charge is -2.09. The van der Waals surface area contributed by atoms with Crippen LogP contribution in [0.1, 0.15) is 29.6 Å². The number of rotatable bonds is 4. The Hall–Kier alpha value is -2.93. The highest BCUT2D eigenvalue weighted by Crippen LogP contribution is 2.30. The van der Waals surface area contributed by atoms with Crippen LogP contribution in [0.2, 0.25) is 0 Å². The van der Waals surface area contributed by atoms with Crippen molar-refractivity contribution in [1.29, 1.82) is 0 Å². The Bertz CT molecular complexity index is 1190. The van der Waals surface area contributed by atoms with Crippen LogP contribution in [0.4, 0.5) is 0 Å². The summed E-state index contributed by atoms with van der Waals surface area (Å²) in [6.07, 6.45) is 0.831. The Morgan fingerprint density at radius 1 is 1.19 bits per heavy atom. The SMILES string of the molecule is CCc1nc2c(C)cc(C)nc2n1Cc1ccc(-c2sc(=O)[nH]c2O)cc1. The number of imidazole rings is 1. The number of hydrogen-bond donors (Lipinski definition) is 2. The van der Waals surface area contributed by atoms with E-state index in [2.05, 4.69) is 29.5 Å². The quantitative estimate of drug-likeness (QED) is 0.564. The van der Waals surface area contributed by atoms with Gasteiger partial charge in [0.1, 0.15) is 11.3 Å². The van der Waals surface area contributed by atoms with Crippen LogP contribution in [-0.2, 0) is 13.0 Å². The summed E-state index contributed by atoms with van der Waals surface area (Å²) in [4.78, 5) is 23.6. The molecule has 4 aromatic rings. The summed E-state index contributed by atoms with van der Waals surface area (Å²) in [7, 11) is 0. The van der Waals surface area contributed by atoms with Crippen molar-refractivity contribution in [2.45, 2.75) is 33.7 Å². The molecule has 3 aromatic heterocycles. The number of aromatic nitrogens is 4. The summed E-state index contributed by atoms with van der Waals surface area (Å²) >= 11 is 1.00. The molecule has 2 N–H and O–H groups in total. The zero-order valence-electron chi connectivity index (χ0n) is 15.4. The summed E-state index contributed by atoms with van der Waals surface area (Å²) in [5.74, 6) is 0.929. The maximum atomic E-state index is 11.4. The number of benzene rings is 1. The largest absolute Gasteiger partial charge is 0.493 e. The molecule has 0 radical (unpaired) electrons. The van der Waals surface area contributed by atoms with E-state index < -0.39 is 0 Å². The van der Waals surface area contributed by atoms with Crippen LogP contribution in [0.15, 0.2) is 35.1 Å². The minimum atomic E-state index is -0.263. The number of aryl methyl sites for hydroxylation is 3. The lowest BCUT2D eigenvalue weighted by molar-refractivity contribution is 0.458. The molecule has 0 spiro atoms. The first-order valence-corrected chi connectivity index (χ1v) is 9.62. The average molecular weight is 380 g/mol. The fourth-order valence-corrected chi connectivity index (χ4v) is 4.08. The number of aromatic hydroxyl groups is 1. The average Bonchev–Trinajstić information content (AvgIpc) is 3.15. The number of nitrogens with one attached hydrogen (secondary N) is 1. The summed E-state index contributed by atoms with van der Waals surface area (Å²) in [5.41, 5.74) is 5.91. The van der Waals surface area contributed by atoms with E-state index >= 15 is 0 Å². The van der Waals surface area contributed by atoms with Gasteiger partial charge in [-0.15, -0.1) is 0 Å². The van der Waals surface area contributed by atoms with Gasteiger partial charge < -0.3 is 9.67 Å². The third-order valence-corrected chi connectivity index (χ3v) is 5.53. The highest BCUT2D eigenvalue weighted by molar-refractivity contribution is 7.13. The van der Waals surface area contributed by atoms with Crippen molar-refractivity contribution in [3.8, 4) is 16.3 Å². The van der Waals surface area contributed by atoms with Crippen molar-refractivity contribution in [2.75, 3.05) is 0 Å². The molecule has 0 saturated heterocycles. The summed E-state index contributed by atoms with van der Waals surface area (Å²) in [5, 5.41) is 9.83. The van der Waals surface area contributed by atoms with Crippen LogP contribution in [0.3, 0.4) is 0 Å². The first-order valence-electron chi connectivity index (χ1n) is 8.81.